The fraction of sp³-hybridized carbons (Fsp3) is 0.853. The van der Waals surface area contributed by atoms with Crippen molar-refractivity contribution < 1.29 is 28.0 Å². The van der Waals surface area contributed by atoms with Crippen molar-refractivity contribution in [3.8, 4) is 0 Å². The van der Waals surface area contributed by atoms with Gasteiger partial charge in [0.2, 0.25) is 5.91 Å². The summed E-state index contributed by atoms with van der Waals surface area (Å²) in [5.41, 5.74) is 0. The second kappa shape index (κ2) is 28.5. The van der Waals surface area contributed by atoms with Gasteiger partial charge < -0.3 is 15.5 Å². The van der Waals surface area contributed by atoms with E-state index in [1.54, 1.807) is 6.08 Å². The lowest BCUT2D eigenvalue weighted by molar-refractivity contribution is -0.130. The van der Waals surface area contributed by atoms with Crippen molar-refractivity contribution >= 4 is 16.0 Å². The first-order chi connectivity index (χ1) is 20.2. The molecule has 0 radical (unpaired) electrons. The van der Waals surface area contributed by atoms with Gasteiger partial charge in [-0.25, -0.2) is 0 Å². The molecular formula is C34H65NO6S. The van der Waals surface area contributed by atoms with Crippen LogP contribution in [0.5, 0.6) is 0 Å². The first-order valence-corrected chi connectivity index (χ1v) is 18.8. The normalized spacial score (nSPS) is 14.5. The van der Waals surface area contributed by atoms with Crippen LogP contribution < -0.4 is 5.32 Å². The number of carbonyl (C=O) groups excluding carboxylic acids is 1. The summed E-state index contributed by atoms with van der Waals surface area (Å²) in [6, 6.07) is -1.24. The Labute approximate surface area is 258 Å². The maximum atomic E-state index is 12.4. The molecule has 42 heavy (non-hydrogen) atoms. The number of carbonyl (C=O) groups is 1. The Bertz CT molecular complexity index is 783. The fourth-order valence-corrected chi connectivity index (χ4v) is 5.78. The van der Waals surface area contributed by atoms with E-state index in [-0.39, 0.29) is 6.42 Å². The highest BCUT2D eigenvalue weighted by Gasteiger charge is 2.27. The molecule has 0 aromatic rings. The Morgan fingerprint density at radius 1 is 0.643 bits per heavy atom. The summed E-state index contributed by atoms with van der Waals surface area (Å²) in [7, 11) is -4.44. The van der Waals surface area contributed by atoms with Crippen LogP contribution in [0.15, 0.2) is 24.3 Å². The van der Waals surface area contributed by atoms with E-state index < -0.39 is 40.0 Å². The van der Waals surface area contributed by atoms with Crippen LogP contribution in [-0.4, -0.2) is 53.1 Å². The Kier molecular flexibility index (Phi) is 27.7. The van der Waals surface area contributed by atoms with Gasteiger partial charge in [-0.1, -0.05) is 147 Å². The minimum atomic E-state index is -4.44. The molecule has 0 aromatic carbocycles. The van der Waals surface area contributed by atoms with Crippen molar-refractivity contribution in [3.63, 3.8) is 0 Å². The number of allylic oxidation sites excluding steroid dienone is 3. The van der Waals surface area contributed by atoms with Gasteiger partial charge in [0.25, 0.3) is 10.1 Å². The summed E-state index contributed by atoms with van der Waals surface area (Å²) < 4.78 is 32.2. The minimum Gasteiger partial charge on any atom is -0.387 e. The minimum absolute atomic E-state index is 0.195. The van der Waals surface area contributed by atoms with Crippen molar-refractivity contribution in [2.75, 3.05) is 5.75 Å². The first-order valence-electron chi connectivity index (χ1n) is 17.1. The quantitative estimate of drug-likeness (QED) is 0.0367. The van der Waals surface area contributed by atoms with E-state index in [1.165, 1.54) is 109 Å². The van der Waals surface area contributed by atoms with Gasteiger partial charge in [0, 0.05) is 0 Å². The molecule has 0 aliphatic carbocycles. The molecule has 248 valence electrons. The zero-order chi connectivity index (χ0) is 31.3. The summed E-state index contributed by atoms with van der Waals surface area (Å²) in [6.07, 6.45) is 31.2. The molecule has 0 rings (SSSR count). The number of hydrogen-bond acceptors (Lipinski definition) is 5. The van der Waals surface area contributed by atoms with Crippen molar-refractivity contribution in [1.29, 1.82) is 0 Å². The molecule has 0 aliphatic heterocycles. The second-order valence-corrected chi connectivity index (χ2v) is 13.4. The number of amides is 1. The van der Waals surface area contributed by atoms with Crippen LogP contribution in [0.4, 0.5) is 0 Å². The lowest BCUT2D eigenvalue weighted by atomic mass is 10.0. The van der Waals surface area contributed by atoms with Crippen LogP contribution in [0.25, 0.3) is 0 Å². The lowest BCUT2D eigenvalue weighted by Crippen LogP contribution is -2.50. The highest BCUT2D eigenvalue weighted by Crippen LogP contribution is 2.14. The monoisotopic (exact) mass is 615 g/mol. The van der Waals surface area contributed by atoms with Crippen LogP contribution in [0.2, 0.25) is 0 Å². The summed E-state index contributed by atoms with van der Waals surface area (Å²) in [5.74, 6) is -1.58. The van der Waals surface area contributed by atoms with Gasteiger partial charge in [0.1, 0.15) is 6.10 Å². The lowest BCUT2D eigenvalue weighted by Gasteiger charge is -2.22. The van der Waals surface area contributed by atoms with Gasteiger partial charge in [-0.05, 0) is 38.5 Å². The van der Waals surface area contributed by atoms with Gasteiger partial charge in [-0.15, -0.1) is 0 Å². The zero-order valence-corrected chi connectivity index (χ0v) is 27.8. The average Bonchev–Trinajstić information content (AvgIpc) is 2.94. The molecule has 0 saturated carbocycles. The third-order valence-corrected chi connectivity index (χ3v) is 8.52. The number of aliphatic hydroxyl groups excluding tert-OH is 2. The molecular weight excluding hydrogens is 550 g/mol. The number of rotatable bonds is 30. The molecule has 0 fully saturated rings. The molecule has 4 N–H and O–H groups in total. The first kappa shape index (κ1) is 40.8. The van der Waals surface area contributed by atoms with Gasteiger partial charge >= 0.3 is 0 Å². The van der Waals surface area contributed by atoms with E-state index in [0.717, 1.165) is 32.1 Å². The summed E-state index contributed by atoms with van der Waals surface area (Å²) in [6.45, 7) is 4.42. The molecule has 8 heteroatoms. The maximum Gasteiger partial charge on any atom is 0.267 e. The van der Waals surface area contributed by atoms with Crippen LogP contribution >= 0.6 is 0 Å². The van der Waals surface area contributed by atoms with Gasteiger partial charge in [0.05, 0.1) is 17.9 Å². The SMILES string of the molecule is CCCCCC/C=C\CCC(O)C(=O)NC(CS(=O)(=O)O)C(O)/C=C/CCCCCCCCCCCCCCCCC. The van der Waals surface area contributed by atoms with E-state index in [4.69, 9.17) is 0 Å². The second-order valence-electron chi connectivity index (χ2n) is 11.9. The van der Waals surface area contributed by atoms with Gasteiger partial charge in [0.15, 0.2) is 0 Å². The van der Waals surface area contributed by atoms with E-state index in [0.29, 0.717) is 6.42 Å². The molecule has 0 saturated heterocycles. The molecule has 3 atom stereocenters. The van der Waals surface area contributed by atoms with Gasteiger partial charge in [-0.3, -0.25) is 9.35 Å². The topological polar surface area (TPSA) is 124 Å². The predicted molar refractivity (Wildman–Crippen MR) is 176 cm³/mol. The molecule has 0 spiro atoms. The molecule has 0 heterocycles. The van der Waals surface area contributed by atoms with E-state index >= 15 is 0 Å². The summed E-state index contributed by atoms with van der Waals surface area (Å²) in [4.78, 5) is 12.4. The van der Waals surface area contributed by atoms with Crippen LogP contribution in [0, 0.1) is 0 Å². The number of nitrogens with one attached hydrogen (secondary N) is 1. The average molecular weight is 616 g/mol. The van der Waals surface area contributed by atoms with Crippen molar-refractivity contribution in [2.45, 2.75) is 180 Å². The maximum absolute atomic E-state index is 12.4. The third-order valence-electron chi connectivity index (χ3n) is 7.74. The largest absolute Gasteiger partial charge is 0.387 e. The summed E-state index contributed by atoms with van der Waals surface area (Å²) >= 11 is 0. The Hall–Kier alpha value is -1.22. The predicted octanol–water partition coefficient (Wildman–Crippen LogP) is 8.21. The van der Waals surface area contributed by atoms with Crippen molar-refractivity contribution in [2.24, 2.45) is 0 Å². The van der Waals surface area contributed by atoms with Crippen molar-refractivity contribution in [3.05, 3.63) is 24.3 Å². The van der Waals surface area contributed by atoms with Crippen molar-refractivity contribution in [1.82, 2.24) is 5.32 Å². The fourth-order valence-electron chi connectivity index (χ4n) is 5.04. The third kappa shape index (κ3) is 27.6. The zero-order valence-electron chi connectivity index (χ0n) is 27.0. The van der Waals surface area contributed by atoms with E-state index in [9.17, 15) is 28.0 Å². The smallest absolute Gasteiger partial charge is 0.267 e. The Morgan fingerprint density at radius 3 is 1.52 bits per heavy atom. The molecule has 0 bridgehead atoms. The molecule has 0 aromatic heterocycles. The molecule has 7 nitrogen and oxygen atoms in total. The van der Waals surface area contributed by atoms with Crippen LogP contribution in [-0.2, 0) is 14.9 Å². The van der Waals surface area contributed by atoms with E-state index in [1.807, 2.05) is 6.08 Å². The Morgan fingerprint density at radius 2 is 1.05 bits per heavy atom. The van der Waals surface area contributed by atoms with E-state index in [2.05, 4.69) is 25.2 Å². The van der Waals surface area contributed by atoms with Crippen LogP contribution in [0.1, 0.15) is 162 Å². The summed E-state index contributed by atoms with van der Waals surface area (Å²) in [5, 5.41) is 23.1. The molecule has 1 amide bonds. The highest BCUT2D eigenvalue weighted by molar-refractivity contribution is 7.85. The molecule has 0 aliphatic rings. The Balaban J connectivity index is 4.14. The standard InChI is InChI=1S/C34H65NO6S/c1-3-5-7-9-11-13-14-15-16-17-18-19-20-21-23-24-26-28-32(36)31(30-42(39,40)41)35-34(38)33(37)29-27-25-22-12-10-8-6-4-2/h22,25-26,28,31-33,36-37H,3-21,23-24,27,29-30H2,1-2H3,(H,35,38)(H,39,40,41)/b25-22-,28-26+. The van der Waals surface area contributed by atoms with Crippen LogP contribution in [0.3, 0.4) is 0 Å². The number of aliphatic hydroxyl groups is 2. The molecule has 3 unspecified atom stereocenters. The van der Waals surface area contributed by atoms with Gasteiger partial charge in [-0.2, -0.15) is 8.42 Å². The highest BCUT2D eigenvalue weighted by atomic mass is 32.2. The number of hydrogen-bond donors (Lipinski definition) is 4. The number of unbranched alkanes of at least 4 members (excludes halogenated alkanes) is 19.